The number of methoxy groups -OCH3 is 1. The molecule has 1 aliphatic rings. The van der Waals surface area contributed by atoms with Crippen molar-refractivity contribution in [2.45, 2.75) is 58.3 Å². The van der Waals surface area contributed by atoms with Gasteiger partial charge in [0.15, 0.2) is 5.78 Å². The Labute approximate surface area is 146 Å². The van der Waals surface area contributed by atoms with Crippen LogP contribution in [0.1, 0.15) is 58.3 Å². The van der Waals surface area contributed by atoms with Crippen LogP contribution in [-0.2, 0) is 14.3 Å². The predicted molar refractivity (Wildman–Crippen MR) is 98.6 cm³/mol. The minimum absolute atomic E-state index is 0.156. The number of unbranched alkanes of at least 4 members (excludes halogenated alkanes) is 3. The highest BCUT2D eigenvalue weighted by Gasteiger charge is 2.21. The Morgan fingerprint density at radius 3 is 2.62 bits per heavy atom. The van der Waals surface area contributed by atoms with Gasteiger partial charge in [-0.25, -0.2) is 0 Å². The van der Waals surface area contributed by atoms with Gasteiger partial charge >= 0.3 is 5.97 Å². The van der Waals surface area contributed by atoms with Crippen molar-refractivity contribution in [3.05, 3.63) is 48.1 Å². The van der Waals surface area contributed by atoms with Crippen LogP contribution in [0, 0.1) is 5.92 Å². The lowest BCUT2D eigenvalue weighted by atomic mass is 9.96. The summed E-state index contributed by atoms with van der Waals surface area (Å²) in [6, 6.07) is 0. The van der Waals surface area contributed by atoms with Crippen molar-refractivity contribution in [3.8, 4) is 0 Å². The fraction of sp³-hybridized carbons (Fsp3) is 0.524. The van der Waals surface area contributed by atoms with E-state index in [2.05, 4.69) is 42.0 Å². The number of hydrogen-bond acceptors (Lipinski definition) is 3. The summed E-state index contributed by atoms with van der Waals surface area (Å²) in [4.78, 5) is 23.0. The van der Waals surface area contributed by atoms with Crippen LogP contribution < -0.4 is 0 Å². The second-order valence-electron chi connectivity index (χ2n) is 5.98. The van der Waals surface area contributed by atoms with Crippen molar-refractivity contribution in [3.63, 3.8) is 0 Å². The van der Waals surface area contributed by atoms with E-state index in [4.69, 9.17) is 0 Å². The molecule has 0 aromatic rings. The van der Waals surface area contributed by atoms with E-state index >= 15 is 0 Å². The lowest BCUT2D eigenvalue weighted by Gasteiger charge is -2.07. The normalized spacial score (nSPS) is 19.2. The third kappa shape index (κ3) is 8.09. The van der Waals surface area contributed by atoms with E-state index in [1.54, 1.807) is 6.08 Å². The van der Waals surface area contributed by atoms with E-state index in [0.29, 0.717) is 6.42 Å². The molecule has 0 aromatic carbocycles. The standard InChI is InChI=1S/C21H30O3/c1-3-4-5-6-7-11-14-19-18(16-17-20(19)22)13-10-8-9-12-15-21(23)24-2/h4-5,8,10,14,16-18H,3,6-7,9,11-13,15H2,1-2H3/b5-4-,10-8-,19-14+/t18-/m0/s1. The molecule has 1 rings (SSSR count). The van der Waals surface area contributed by atoms with Crippen LogP contribution in [0.25, 0.3) is 0 Å². The number of rotatable bonds is 11. The van der Waals surface area contributed by atoms with Crippen LogP contribution >= 0.6 is 0 Å². The van der Waals surface area contributed by atoms with Crippen LogP contribution in [-0.4, -0.2) is 18.9 Å². The van der Waals surface area contributed by atoms with E-state index in [-0.39, 0.29) is 17.7 Å². The first kappa shape index (κ1) is 20.1. The molecule has 1 atom stereocenters. The number of ketones is 1. The van der Waals surface area contributed by atoms with Gasteiger partial charge in [-0.05, 0) is 51.0 Å². The molecule has 0 spiro atoms. The van der Waals surface area contributed by atoms with Crippen LogP contribution in [0.2, 0.25) is 0 Å². The van der Waals surface area contributed by atoms with Gasteiger partial charge in [-0.3, -0.25) is 9.59 Å². The van der Waals surface area contributed by atoms with Gasteiger partial charge in [0, 0.05) is 17.9 Å². The second-order valence-corrected chi connectivity index (χ2v) is 5.98. The monoisotopic (exact) mass is 330 g/mol. The molecule has 132 valence electrons. The van der Waals surface area contributed by atoms with Crippen LogP contribution in [0.4, 0.5) is 0 Å². The minimum Gasteiger partial charge on any atom is -0.469 e. The molecular formula is C21H30O3. The first-order valence-electron chi connectivity index (χ1n) is 8.98. The van der Waals surface area contributed by atoms with Crippen LogP contribution in [0.5, 0.6) is 0 Å². The molecule has 1 aliphatic carbocycles. The molecule has 24 heavy (non-hydrogen) atoms. The fourth-order valence-corrected chi connectivity index (χ4v) is 2.65. The van der Waals surface area contributed by atoms with E-state index < -0.39 is 0 Å². The van der Waals surface area contributed by atoms with E-state index in [9.17, 15) is 9.59 Å². The molecular weight excluding hydrogens is 300 g/mol. The van der Waals surface area contributed by atoms with Gasteiger partial charge in [0.25, 0.3) is 0 Å². The molecule has 0 bridgehead atoms. The van der Waals surface area contributed by atoms with Gasteiger partial charge < -0.3 is 4.74 Å². The van der Waals surface area contributed by atoms with Gasteiger partial charge in [-0.1, -0.05) is 43.4 Å². The molecule has 0 saturated heterocycles. The number of carbonyl (C=O) groups is 2. The summed E-state index contributed by atoms with van der Waals surface area (Å²) in [5, 5.41) is 0. The van der Waals surface area contributed by atoms with Gasteiger partial charge in [-0.15, -0.1) is 0 Å². The van der Waals surface area contributed by atoms with Crippen LogP contribution in [0.3, 0.4) is 0 Å². The molecule has 0 saturated carbocycles. The number of allylic oxidation sites excluding steroid dienone is 8. The number of esters is 1. The van der Waals surface area contributed by atoms with Gasteiger partial charge in [0.2, 0.25) is 0 Å². The predicted octanol–water partition coefficient (Wildman–Crippen LogP) is 5.09. The summed E-state index contributed by atoms with van der Waals surface area (Å²) >= 11 is 0. The Bertz CT molecular complexity index is 509. The van der Waals surface area contributed by atoms with E-state index in [1.165, 1.54) is 7.11 Å². The maximum absolute atomic E-state index is 11.9. The van der Waals surface area contributed by atoms with Crippen molar-refractivity contribution < 1.29 is 14.3 Å². The average Bonchev–Trinajstić information content (AvgIpc) is 2.94. The molecule has 0 heterocycles. The fourth-order valence-electron chi connectivity index (χ4n) is 2.65. The third-order valence-electron chi connectivity index (χ3n) is 4.04. The van der Waals surface area contributed by atoms with Gasteiger partial charge in [0.05, 0.1) is 7.11 Å². The number of carbonyl (C=O) groups excluding carboxylic acids is 2. The lowest BCUT2D eigenvalue weighted by molar-refractivity contribution is -0.140. The van der Waals surface area contributed by atoms with E-state index in [0.717, 1.165) is 50.5 Å². The lowest BCUT2D eigenvalue weighted by Crippen LogP contribution is -2.02. The summed E-state index contributed by atoms with van der Waals surface area (Å²) in [7, 11) is 1.41. The van der Waals surface area contributed by atoms with E-state index in [1.807, 2.05) is 6.08 Å². The van der Waals surface area contributed by atoms with Crippen LogP contribution in [0.15, 0.2) is 48.1 Å². The highest BCUT2D eigenvalue weighted by molar-refractivity contribution is 6.07. The van der Waals surface area contributed by atoms with Crippen molar-refractivity contribution in [2.75, 3.05) is 7.11 Å². The quantitative estimate of drug-likeness (QED) is 0.229. The third-order valence-corrected chi connectivity index (χ3v) is 4.04. The maximum atomic E-state index is 11.9. The van der Waals surface area contributed by atoms with Crippen molar-refractivity contribution in [1.82, 2.24) is 0 Å². The Hall–Kier alpha value is -1.90. The number of ether oxygens (including phenoxy) is 1. The largest absolute Gasteiger partial charge is 0.469 e. The SMILES string of the molecule is CC/C=C\CCC/C=C1/C(=O)C=C[C@@H]1C/C=C\CCCC(=O)OC. The molecule has 3 nitrogen and oxygen atoms in total. The molecule has 0 unspecified atom stereocenters. The summed E-state index contributed by atoms with van der Waals surface area (Å²) in [5.74, 6) is 0.204. The summed E-state index contributed by atoms with van der Waals surface area (Å²) < 4.78 is 4.61. The minimum atomic E-state index is -0.160. The zero-order valence-corrected chi connectivity index (χ0v) is 15.0. The highest BCUT2D eigenvalue weighted by atomic mass is 16.5. The molecule has 0 N–H and O–H groups in total. The highest BCUT2D eigenvalue weighted by Crippen LogP contribution is 2.26. The van der Waals surface area contributed by atoms with Crippen molar-refractivity contribution >= 4 is 11.8 Å². The smallest absolute Gasteiger partial charge is 0.305 e. The summed E-state index contributed by atoms with van der Waals surface area (Å²) in [6.07, 6.45) is 21.6. The molecule has 3 heteroatoms. The Morgan fingerprint density at radius 1 is 1.12 bits per heavy atom. The zero-order chi connectivity index (χ0) is 17.6. The molecule has 0 aromatic heterocycles. The maximum Gasteiger partial charge on any atom is 0.305 e. The first-order chi connectivity index (χ1) is 11.7. The molecule has 0 radical (unpaired) electrons. The number of hydrogen-bond donors (Lipinski definition) is 0. The Kier molecular flexibility index (Phi) is 10.5. The first-order valence-corrected chi connectivity index (χ1v) is 8.98. The summed E-state index contributed by atoms with van der Waals surface area (Å²) in [5.41, 5.74) is 0.939. The molecule has 0 fully saturated rings. The van der Waals surface area contributed by atoms with Gasteiger partial charge in [0.1, 0.15) is 0 Å². The second kappa shape index (κ2) is 12.5. The Morgan fingerprint density at radius 2 is 1.88 bits per heavy atom. The Balaban J connectivity index is 2.32. The van der Waals surface area contributed by atoms with Crippen molar-refractivity contribution in [2.24, 2.45) is 5.92 Å². The summed E-state index contributed by atoms with van der Waals surface area (Å²) in [6.45, 7) is 2.13. The zero-order valence-electron chi connectivity index (χ0n) is 15.0. The molecule has 0 aliphatic heterocycles. The van der Waals surface area contributed by atoms with Crippen molar-refractivity contribution in [1.29, 1.82) is 0 Å². The average molecular weight is 330 g/mol. The molecule has 0 amide bonds. The van der Waals surface area contributed by atoms with Gasteiger partial charge in [-0.2, -0.15) is 0 Å². The topological polar surface area (TPSA) is 43.4 Å².